The molecule has 0 rings (SSSR count). The molecule has 0 aliphatic heterocycles. The number of carbonyl (C=O) groups is 3. The fraction of sp³-hybridized carbons (Fsp3) is 0.625. The van der Waals surface area contributed by atoms with E-state index in [1.165, 1.54) is 0 Å². The minimum absolute atomic E-state index is 0.195. The van der Waals surface area contributed by atoms with Crippen molar-refractivity contribution in [3.63, 3.8) is 0 Å². The van der Waals surface area contributed by atoms with Gasteiger partial charge in [-0.25, -0.2) is 4.79 Å². The first kappa shape index (κ1) is 12.4. The van der Waals surface area contributed by atoms with Crippen LogP contribution in [0, 0.1) is 0 Å². The second kappa shape index (κ2) is 5.95. The first-order chi connectivity index (χ1) is 6.47. The van der Waals surface area contributed by atoms with Crippen LogP contribution in [0.2, 0.25) is 0 Å². The zero-order valence-corrected chi connectivity index (χ0v) is 7.82. The maximum absolute atomic E-state index is 11.0. The molecule has 0 heterocycles. The molecule has 1 atom stereocenters. The fourth-order valence-electron chi connectivity index (χ4n) is 0.825. The van der Waals surface area contributed by atoms with Crippen LogP contribution in [0.15, 0.2) is 0 Å². The Morgan fingerprint density at radius 3 is 2.14 bits per heavy atom. The number of amides is 1. The number of carboxylic acids is 2. The summed E-state index contributed by atoms with van der Waals surface area (Å²) in [6, 6.07) is -0.934. The van der Waals surface area contributed by atoms with Crippen molar-refractivity contribution in [1.29, 1.82) is 0 Å². The maximum atomic E-state index is 11.0. The second-order valence-corrected chi connectivity index (χ2v) is 2.76. The van der Waals surface area contributed by atoms with Gasteiger partial charge in [-0.15, -0.1) is 0 Å². The highest BCUT2D eigenvalue weighted by molar-refractivity contribution is 5.85. The highest BCUT2D eigenvalue weighted by Crippen LogP contribution is 1.94. The lowest BCUT2D eigenvalue weighted by atomic mass is 10.2. The molecule has 0 aliphatic carbocycles. The van der Waals surface area contributed by atoms with E-state index in [0.717, 1.165) is 0 Å². The smallest absolute Gasteiger partial charge is 0.326 e. The van der Waals surface area contributed by atoms with Crippen LogP contribution in [0.4, 0.5) is 0 Å². The third-order valence-corrected chi connectivity index (χ3v) is 1.61. The average Bonchev–Trinajstić information content (AvgIpc) is 2.10. The summed E-state index contributed by atoms with van der Waals surface area (Å²) >= 11 is 0. The van der Waals surface area contributed by atoms with E-state index in [9.17, 15) is 14.4 Å². The van der Waals surface area contributed by atoms with Crippen LogP contribution in [0.3, 0.4) is 0 Å². The van der Waals surface area contributed by atoms with Crippen molar-refractivity contribution in [1.82, 2.24) is 5.32 Å². The van der Waals surface area contributed by atoms with E-state index in [1.54, 1.807) is 6.92 Å². The fourth-order valence-corrected chi connectivity index (χ4v) is 0.825. The van der Waals surface area contributed by atoms with E-state index in [-0.39, 0.29) is 19.3 Å². The maximum Gasteiger partial charge on any atom is 0.326 e. The van der Waals surface area contributed by atoms with E-state index in [2.05, 4.69) is 5.32 Å². The molecule has 0 radical (unpaired) electrons. The summed E-state index contributed by atoms with van der Waals surface area (Å²) in [6.07, 6.45) is -0.213. The van der Waals surface area contributed by atoms with Crippen molar-refractivity contribution in [3.05, 3.63) is 0 Å². The molecule has 0 aromatic heterocycles. The van der Waals surface area contributed by atoms with Crippen LogP contribution in [0.1, 0.15) is 26.2 Å². The van der Waals surface area contributed by atoms with Gasteiger partial charge in [0, 0.05) is 6.42 Å². The Labute approximate surface area is 80.9 Å². The summed E-state index contributed by atoms with van der Waals surface area (Å²) in [5, 5.41) is 19.1. The van der Waals surface area contributed by atoms with E-state index >= 15 is 0 Å². The Bertz CT molecular complexity index is 238. The van der Waals surface area contributed by atoms with Gasteiger partial charge in [-0.05, 0) is 6.42 Å². The van der Waals surface area contributed by atoms with Crippen LogP contribution in [-0.4, -0.2) is 34.1 Å². The quantitative estimate of drug-likeness (QED) is 0.556. The number of carbonyl (C=O) groups excluding carboxylic acids is 1. The average molecular weight is 203 g/mol. The molecule has 0 saturated heterocycles. The Morgan fingerprint density at radius 2 is 1.79 bits per heavy atom. The molecule has 0 unspecified atom stereocenters. The molecule has 0 aromatic carbocycles. The van der Waals surface area contributed by atoms with Crippen LogP contribution in [0.25, 0.3) is 0 Å². The molecular formula is C8H13NO5. The number of aliphatic carboxylic acids is 2. The molecule has 3 N–H and O–H groups in total. The molecule has 0 fully saturated rings. The lowest BCUT2D eigenvalue weighted by Crippen LogP contribution is -2.40. The van der Waals surface area contributed by atoms with Gasteiger partial charge in [-0.3, -0.25) is 9.59 Å². The van der Waals surface area contributed by atoms with E-state index in [4.69, 9.17) is 10.2 Å². The van der Waals surface area contributed by atoms with Gasteiger partial charge < -0.3 is 15.5 Å². The van der Waals surface area contributed by atoms with E-state index in [0.29, 0.717) is 0 Å². The van der Waals surface area contributed by atoms with Crippen molar-refractivity contribution < 1.29 is 24.6 Å². The molecule has 0 bridgehead atoms. The number of carboxylic acid groups (broad SMARTS) is 2. The summed E-state index contributed by atoms with van der Waals surface area (Å²) in [5.74, 6) is -2.75. The Morgan fingerprint density at radius 1 is 1.21 bits per heavy atom. The Kier molecular flexibility index (Phi) is 5.28. The van der Waals surface area contributed by atoms with Gasteiger partial charge in [0.2, 0.25) is 5.91 Å². The molecule has 14 heavy (non-hydrogen) atoms. The summed E-state index contributed by atoms with van der Waals surface area (Å²) < 4.78 is 0. The zero-order valence-electron chi connectivity index (χ0n) is 7.82. The summed E-state index contributed by atoms with van der Waals surface area (Å²) in [4.78, 5) is 31.6. The largest absolute Gasteiger partial charge is 0.481 e. The van der Waals surface area contributed by atoms with Crippen LogP contribution in [0.5, 0.6) is 0 Å². The predicted molar refractivity (Wildman–Crippen MR) is 46.7 cm³/mol. The number of hydrogen-bond acceptors (Lipinski definition) is 3. The molecule has 0 saturated carbocycles. The van der Waals surface area contributed by atoms with Gasteiger partial charge in [0.15, 0.2) is 0 Å². The van der Waals surface area contributed by atoms with Crippen molar-refractivity contribution in [3.8, 4) is 0 Å². The normalized spacial score (nSPS) is 11.8. The third kappa shape index (κ3) is 5.13. The SMILES string of the molecule is CC[C@H](NC(=O)CCC(=O)O)C(=O)O. The summed E-state index contributed by atoms with van der Waals surface area (Å²) in [5.41, 5.74) is 0. The van der Waals surface area contributed by atoms with Crippen LogP contribution in [-0.2, 0) is 14.4 Å². The van der Waals surface area contributed by atoms with Crippen LogP contribution < -0.4 is 5.32 Å². The Balaban J connectivity index is 3.91. The molecule has 6 nitrogen and oxygen atoms in total. The molecule has 0 aromatic rings. The molecule has 80 valence electrons. The van der Waals surface area contributed by atoms with Crippen molar-refractivity contribution in [2.24, 2.45) is 0 Å². The lowest BCUT2D eigenvalue weighted by Gasteiger charge is -2.11. The third-order valence-electron chi connectivity index (χ3n) is 1.61. The highest BCUT2D eigenvalue weighted by Gasteiger charge is 2.17. The van der Waals surface area contributed by atoms with Gasteiger partial charge in [0.05, 0.1) is 6.42 Å². The monoisotopic (exact) mass is 203 g/mol. The number of rotatable bonds is 6. The Hall–Kier alpha value is -1.59. The number of nitrogens with one attached hydrogen (secondary N) is 1. The first-order valence-corrected chi connectivity index (χ1v) is 4.21. The zero-order chi connectivity index (χ0) is 11.1. The highest BCUT2D eigenvalue weighted by atomic mass is 16.4. The molecular weight excluding hydrogens is 190 g/mol. The molecule has 1 amide bonds. The van der Waals surface area contributed by atoms with Gasteiger partial charge >= 0.3 is 11.9 Å². The summed E-state index contributed by atoms with van der Waals surface area (Å²) in [7, 11) is 0. The minimum Gasteiger partial charge on any atom is -0.481 e. The standard InChI is InChI=1S/C8H13NO5/c1-2-5(8(13)14)9-6(10)3-4-7(11)12/h5H,2-4H2,1H3,(H,9,10)(H,11,12)(H,13,14)/t5-/m0/s1. The number of hydrogen-bond donors (Lipinski definition) is 3. The second-order valence-electron chi connectivity index (χ2n) is 2.76. The van der Waals surface area contributed by atoms with Crippen molar-refractivity contribution in [2.75, 3.05) is 0 Å². The van der Waals surface area contributed by atoms with Gasteiger partial charge in [0.25, 0.3) is 0 Å². The van der Waals surface area contributed by atoms with Crippen molar-refractivity contribution in [2.45, 2.75) is 32.2 Å². The van der Waals surface area contributed by atoms with E-state index in [1.807, 2.05) is 0 Å². The van der Waals surface area contributed by atoms with Gasteiger partial charge in [0.1, 0.15) is 6.04 Å². The molecule has 0 aliphatic rings. The minimum atomic E-state index is -1.11. The summed E-state index contributed by atoms with van der Waals surface area (Å²) in [6.45, 7) is 1.62. The molecule has 0 spiro atoms. The first-order valence-electron chi connectivity index (χ1n) is 4.21. The molecule has 6 heteroatoms. The lowest BCUT2D eigenvalue weighted by molar-refractivity contribution is -0.142. The van der Waals surface area contributed by atoms with E-state index < -0.39 is 23.9 Å². The van der Waals surface area contributed by atoms with Gasteiger partial charge in [-0.2, -0.15) is 0 Å². The van der Waals surface area contributed by atoms with Crippen LogP contribution >= 0.6 is 0 Å². The topological polar surface area (TPSA) is 104 Å². The predicted octanol–water partition coefficient (Wildman–Crippen LogP) is -0.169. The van der Waals surface area contributed by atoms with Crippen molar-refractivity contribution >= 4 is 17.8 Å². The van der Waals surface area contributed by atoms with Gasteiger partial charge in [-0.1, -0.05) is 6.92 Å².